The number of amides is 1. The van der Waals surface area contributed by atoms with Crippen LogP contribution in [-0.4, -0.2) is 46.8 Å². The Balaban J connectivity index is 1.35. The number of piperazine rings is 1. The van der Waals surface area contributed by atoms with Gasteiger partial charge in [-0.2, -0.15) is 5.10 Å². The van der Waals surface area contributed by atoms with Crippen molar-refractivity contribution in [2.24, 2.45) is 0 Å². The van der Waals surface area contributed by atoms with Crippen LogP contribution in [-0.2, 0) is 11.3 Å². The van der Waals surface area contributed by atoms with Gasteiger partial charge in [0.15, 0.2) is 0 Å². The topological polar surface area (TPSA) is 58.4 Å². The van der Waals surface area contributed by atoms with E-state index in [2.05, 4.69) is 10.00 Å². The first-order valence-electron chi connectivity index (χ1n) is 10.1. The lowest BCUT2D eigenvalue weighted by Crippen LogP contribution is -2.49. The van der Waals surface area contributed by atoms with Gasteiger partial charge in [-0.25, -0.2) is 9.07 Å². The molecule has 0 bridgehead atoms. The number of aromatic nitrogens is 2. The number of nitrogens with zero attached hydrogens (tertiary/aromatic N) is 4. The lowest BCUT2D eigenvalue weighted by molar-refractivity contribution is -0.131. The number of hydrogen-bond acceptors (Lipinski definition) is 4. The molecule has 6 nitrogen and oxygen atoms in total. The van der Waals surface area contributed by atoms with Gasteiger partial charge in [0.05, 0.1) is 12.2 Å². The molecule has 1 fully saturated rings. The van der Waals surface area contributed by atoms with Crippen molar-refractivity contribution in [3.63, 3.8) is 0 Å². The van der Waals surface area contributed by atoms with Crippen molar-refractivity contribution < 1.29 is 9.18 Å². The van der Waals surface area contributed by atoms with E-state index in [4.69, 9.17) is 11.6 Å². The van der Waals surface area contributed by atoms with Crippen LogP contribution in [0.2, 0.25) is 5.02 Å². The molecule has 2 heterocycles. The number of rotatable bonds is 5. The van der Waals surface area contributed by atoms with Crippen LogP contribution in [0.4, 0.5) is 10.1 Å². The summed E-state index contributed by atoms with van der Waals surface area (Å²) in [4.78, 5) is 28.8. The van der Waals surface area contributed by atoms with Gasteiger partial charge in [-0.05, 0) is 42.5 Å². The van der Waals surface area contributed by atoms with Gasteiger partial charge in [0, 0.05) is 54.9 Å². The Morgan fingerprint density at radius 2 is 1.61 bits per heavy atom. The smallest absolute Gasteiger partial charge is 0.266 e. The first kappa shape index (κ1) is 21.1. The summed E-state index contributed by atoms with van der Waals surface area (Å²) >= 11 is 5.93. The van der Waals surface area contributed by atoms with Crippen molar-refractivity contribution in [2.45, 2.75) is 13.0 Å². The summed E-state index contributed by atoms with van der Waals surface area (Å²) in [6.07, 6.45) is 0.202. The van der Waals surface area contributed by atoms with Gasteiger partial charge >= 0.3 is 0 Å². The maximum Gasteiger partial charge on any atom is 0.266 e. The van der Waals surface area contributed by atoms with Gasteiger partial charge in [-0.1, -0.05) is 23.7 Å². The summed E-state index contributed by atoms with van der Waals surface area (Å²) in [5.41, 5.74) is 2.20. The van der Waals surface area contributed by atoms with E-state index >= 15 is 0 Å². The summed E-state index contributed by atoms with van der Waals surface area (Å²) < 4.78 is 14.4. The number of hydrogen-bond donors (Lipinski definition) is 0. The highest BCUT2D eigenvalue weighted by molar-refractivity contribution is 6.30. The van der Waals surface area contributed by atoms with Crippen LogP contribution >= 0.6 is 11.6 Å². The van der Waals surface area contributed by atoms with Gasteiger partial charge in [0.1, 0.15) is 5.82 Å². The Labute approximate surface area is 184 Å². The van der Waals surface area contributed by atoms with Crippen LogP contribution in [0, 0.1) is 5.82 Å². The highest BCUT2D eigenvalue weighted by Crippen LogP contribution is 2.19. The molecule has 1 aromatic heterocycles. The highest BCUT2D eigenvalue weighted by Gasteiger charge is 2.21. The standard InChI is InChI=1S/C23H22ClFN4O2/c24-18-3-1-17(2-4-18)21-9-10-23(31)29(26-21)12-11-22(30)28-15-13-27(14-16-28)20-7-5-19(25)6-8-20/h1-10H,11-16H2. The Morgan fingerprint density at radius 1 is 0.935 bits per heavy atom. The number of benzene rings is 2. The Hall–Kier alpha value is -3.19. The number of halogens is 2. The predicted molar refractivity (Wildman–Crippen MR) is 119 cm³/mol. The average molecular weight is 441 g/mol. The third kappa shape index (κ3) is 5.11. The second-order valence-electron chi connectivity index (χ2n) is 7.38. The number of carbonyl (C=O) groups excluding carboxylic acids is 1. The molecule has 0 aliphatic carbocycles. The molecule has 1 aliphatic heterocycles. The minimum atomic E-state index is -0.262. The van der Waals surface area contributed by atoms with Crippen LogP contribution in [0.5, 0.6) is 0 Å². The van der Waals surface area contributed by atoms with Gasteiger partial charge in [0.2, 0.25) is 5.91 Å². The van der Waals surface area contributed by atoms with Crippen LogP contribution < -0.4 is 10.5 Å². The van der Waals surface area contributed by atoms with Crippen molar-refractivity contribution in [1.29, 1.82) is 0 Å². The molecule has 2 aromatic carbocycles. The fraction of sp³-hybridized carbons (Fsp3) is 0.261. The fourth-order valence-electron chi connectivity index (χ4n) is 3.61. The Morgan fingerprint density at radius 3 is 2.29 bits per heavy atom. The van der Waals surface area contributed by atoms with E-state index in [1.165, 1.54) is 22.9 Å². The molecule has 3 aromatic rings. The first-order valence-corrected chi connectivity index (χ1v) is 10.5. The highest BCUT2D eigenvalue weighted by atomic mass is 35.5. The van der Waals surface area contributed by atoms with Gasteiger partial charge < -0.3 is 9.80 Å². The summed E-state index contributed by atoms with van der Waals surface area (Å²) in [6, 6.07) is 16.7. The monoisotopic (exact) mass is 440 g/mol. The number of anilines is 1. The molecule has 31 heavy (non-hydrogen) atoms. The second-order valence-corrected chi connectivity index (χ2v) is 7.82. The van der Waals surface area contributed by atoms with Crippen molar-refractivity contribution >= 4 is 23.2 Å². The molecule has 0 saturated carbocycles. The lowest BCUT2D eigenvalue weighted by atomic mass is 10.1. The third-order valence-corrected chi connectivity index (χ3v) is 5.62. The molecule has 0 radical (unpaired) electrons. The van der Waals surface area contributed by atoms with Crippen LogP contribution in [0.15, 0.2) is 65.5 Å². The molecule has 0 atom stereocenters. The van der Waals surface area contributed by atoms with Crippen LogP contribution in [0.1, 0.15) is 6.42 Å². The molecule has 1 saturated heterocycles. The third-order valence-electron chi connectivity index (χ3n) is 5.37. The zero-order valence-corrected chi connectivity index (χ0v) is 17.6. The van der Waals surface area contributed by atoms with Gasteiger partial charge in [-0.3, -0.25) is 9.59 Å². The average Bonchev–Trinajstić information content (AvgIpc) is 2.79. The van der Waals surface area contributed by atoms with E-state index in [-0.39, 0.29) is 30.2 Å². The van der Waals surface area contributed by atoms with E-state index in [0.29, 0.717) is 36.9 Å². The van der Waals surface area contributed by atoms with Crippen molar-refractivity contribution in [3.05, 3.63) is 81.9 Å². The molecule has 1 aliphatic rings. The van der Waals surface area contributed by atoms with E-state index in [0.717, 1.165) is 11.3 Å². The molecule has 0 unspecified atom stereocenters. The van der Waals surface area contributed by atoms with E-state index < -0.39 is 0 Å². The predicted octanol–water partition coefficient (Wildman–Crippen LogP) is 3.44. The van der Waals surface area contributed by atoms with Gasteiger partial charge in [0.25, 0.3) is 5.56 Å². The quantitative estimate of drug-likeness (QED) is 0.609. The Kier molecular flexibility index (Phi) is 6.32. The zero-order valence-electron chi connectivity index (χ0n) is 16.9. The molecule has 1 amide bonds. The molecule has 160 valence electrons. The molecule has 0 N–H and O–H groups in total. The SMILES string of the molecule is O=C(CCn1nc(-c2ccc(Cl)cc2)ccc1=O)N1CCN(c2ccc(F)cc2)CC1. The van der Waals surface area contributed by atoms with Crippen molar-refractivity contribution in [1.82, 2.24) is 14.7 Å². The van der Waals surface area contributed by atoms with Gasteiger partial charge in [-0.15, -0.1) is 0 Å². The minimum absolute atomic E-state index is 0.00986. The maximum absolute atomic E-state index is 13.1. The number of carbonyl (C=O) groups is 1. The maximum atomic E-state index is 13.1. The Bertz CT molecular complexity index is 1110. The van der Waals surface area contributed by atoms with Crippen LogP contribution in [0.25, 0.3) is 11.3 Å². The number of aryl methyl sites for hydroxylation is 1. The minimum Gasteiger partial charge on any atom is -0.368 e. The van der Waals surface area contributed by atoms with Crippen LogP contribution in [0.3, 0.4) is 0 Å². The zero-order chi connectivity index (χ0) is 21.8. The molecular weight excluding hydrogens is 419 g/mol. The normalized spacial score (nSPS) is 14.0. The molecule has 4 rings (SSSR count). The fourth-order valence-corrected chi connectivity index (χ4v) is 3.74. The molecular formula is C23H22ClFN4O2. The summed E-state index contributed by atoms with van der Waals surface area (Å²) in [7, 11) is 0. The summed E-state index contributed by atoms with van der Waals surface area (Å²) in [5, 5.41) is 5.03. The van der Waals surface area contributed by atoms with E-state index in [1.807, 2.05) is 12.1 Å². The lowest BCUT2D eigenvalue weighted by Gasteiger charge is -2.36. The van der Waals surface area contributed by atoms with E-state index in [1.54, 1.807) is 35.2 Å². The molecule has 8 heteroatoms. The van der Waals surface area contributed by atoms with Crippen molar-refractivity contribution in [2.75, 3.05) is 31.1 Å². The summed E-state index contributed by atoms with van der Waals surface area (Å²) in [5.74, 6) is -0.272. The second kappa shape index (κ2) is 9.31. The largest absolute Gasteiger partial charge is 0.368 e. The first-order chi connectivity index (χ1) is 15.0. The van der Waals surface area contributed by atoms with Crippen molar-refractivity contribution in [3.8, 4) is 11.3 Å². The molecule has 0 spiro atoms. The summed E-state index contributed by atoms with van der Waals surface area (Å²) in [6.45, 7) is 2.76. The van der Waals surface area contributed by atoms with E-state index in [9.17, 15) is 14.0 Å².